The molecule has 0 amide bonds. The van der Waals surface area contributed by atoms with Crippen molar-refractivity contribution in [2.24, 2.45) is 5.92 Å². The molecule has 0 spiro atoms. The van der Waals surface area contributed by atoms with Crippen molar-refractivity contribution in [3.8, 4) is 5.75 Å². The number of rotatable bonds is 4. The Kier molecular flexibility index (Phi) is 4.56. The van der Waals surface area contributed by atoms with E-state index in [1.165, 1.54) is 0 Å². The molecule has 0 heterocycles. The first-order valence-corrected chi connectivity index (χ1v) is 7.61. The zero-order valence-corrected chi connectivity index (χ0v) is 13.4. The summed E-state index contributed by atoms with van der Waals surface area (Å²) in [6.45, 7) is 8.45. The highest BCUT2D eigenvalue weighted by Gasteiger charge is 2.14. The molecule has 112 valence electrons. The lowest BCUT2D eigenvalue weighted by atomic mass is 9.93. The Bertz CT molecular complexity index is 669. The second kappa shape index (κ2) is 6.21. The first-order valence-electron chi connectivity index (χ1n) is 7.61. The van der Waals surface area contributed by atoms with Crippen molar-refractivity contribution in [1.29, 1.82) is 0 Å². The van der Waals surface area contributed by atoms with E-state index >= 15 is 0 Å². The van der Waals surface area contributed by atoms with Crippen molar-refractivity contribution in [3.05, 3.63) is 47.5 Å². The summed E-state index contributed by atoms with van der Waals surface area (Å²) >= 11 is 0. The molecule has 0 aliphatic heterocycles. The summed E-state index contributed by atoms with van der Waals surface area (Å²) in [4.78, 5) is 0. The summed E-state index contributed by atoms with van der Waals surface area (Å²) in [5, 5.41) is 12.4. The topological polar surface area (TPSA) is 46.2 Å². The molecule has 2 aromatic carbocycles. The van der Waals surface area contributed by atoms with Gasteiger partial charge in [0, 0.05) is 5.39 Å². The van der Waals surface area contributed by atoms with E-state index in [4.69, 9.17) is 5.73 Å². The molecule has 0 atom stereocenters. The highest BCUT2D eigenvalue weighted by atomic mass is 16.3. The van der Waals surface area contributed by atoms with Crippen molar-refractivity contribution in [2.75, 3.05) is 5.73 Å². The number of hydrogen-bond donors (Lipinski definition) is 2. The lowest BCUT2D eigenvalue weighted by molar-refractivity contribution is 0.468. The Labute approximate surface area is 127 Å². The quantitative estimate of drug-likeness (QED) is 0.471. The molecular weight excluding hydrogens is 258 g/mol. The fraction of sp³-hybridized carbons (Fsp3) is 0.368. The van der Waals surface area contributed by atoms with Gasteiger partial charge in [0.1, 0.15) is 5.75 Å². The molecule has 3 N–H and O–H groups in total. The molecule has 2 aromatic rings. The Morgan fingerprint density at radius 1 is 1.19 bits per heavy atom. The van der Waals surface area contributed by atoms with Crippen LogP contribution in [0.2, 0.25) is 0 Å². The van der Waals surface area contributed by atoms with Crippen LogP contribution in [-0.4, -0.2) is 5.11 Å². The summed E-state index contributed by atoms with van der Waals surface area (Å²) in [7, 11) is 0. The fourth-order valence-corrected chi connectivity index (χ4v) is 2.66. The molecule has 2 nitrogen and oxygen atoms in total. The van der Waals surface area contributed by atoms with Crippen molar-refractivity contribution < 1.29 is 5.11 Å². The summed E-state index contributed by atoms with van der Waals surface area (Å²) in [6, 6.07) is 8.26. The van der Waals surface area contributed by atoms with Gasteiger partial charge in [0.25, 0.3) is 0 Å². The maximum absolute atomic E-state index is 10.4. The van der Waals surface area contributed by atoms with Gasteiger partial charge in [-0.2, -0.15) is 0 Å². The standard InChI is InChI=1S/C19H25NO/c1-12(2)7-5-8-14-9-6-10-15-11-16(13(3)4)19(21)18(20)17(14)15/h5-7,9-13,21H,8,20H2,1-4H3/b7-5+. The van der Waals surface area contributed by atoms with Crippen molar-refractivity contribution in [3.63, 3.8) is 0 Å². The molecular formula is C19H25NO. The van der Waals surface area contributed by atoms with Crippen molar-refractivity contribution in [1.82, 2.24) is 0 Å². The lowest BCUT2D eigenvalue weighted by Crippen LogP contribution is -1.98. The summed E-state index contributed by atoms with van der Waals surface area (Å²) in [5.74, 6) is 1.03. The zero-order chi connectivity index (χ0) is 15.6. The van der Waals surface area contributed by atoms with Crippen molar-refractivity contribution in [2.45, 2.75) is 40.0 Å². The van der Waals surface area contributed by atoms with Gasteiger partial charge >= 0.3 is 0 Å². The highest BCUT2D eigenvalue weighted by molar-refractivity contribution is 5.99. The van der Waals surface area contributed by atoms with E-state index in [0.29, 0.717) is 11.6 Å². The Balaban J connectivity index is 2.56. The third kappa shape index (κ3) is 3.21. The minimum Gasteiger partial charge on any atom is -0.505 e. The van der Waals surface area contributed by atoms with E-state index in [-0.39, 0.29) is 11.7 Å². The molecule has 0 saturated heterocycles. The number of fused-ring (bicyclic) bond motifs is 1. The second-order valence-electron chi connectivity index (χ2n) is 6.27. The van der Waals surface area contributed by atoms with Crippen LogP contribution in [0.25, 0.3) is 10.8 Å². The SMILES string of the molecule is CC(C)/C=C/Cc1cccc2cc(C(C)C)c(O)c(N)c12. The van der Waals surface area contributed by atoms with Gasteiger partial charge in [0.2, 0.25) is 0 Å². The number of nitrogen functional groups attached to an aromatic ring is 1. The van der Waals surface area contributed by atoms with Crippen LogP contribution in [-0.2, 0) is 6.42 Å². The van der Waals surface area contributed by atoms with E-state index < -0.39 is 0 Å². The van der Waals surface area contributed by atoms with Gasteiger partial charge < -0.3 is 10.8 Å². The average molecular weight is 283 g/mol. The van der Waals surface area contributed by atoms with Gasteiger partial charge in [0.15, 0.2) is 0 Å². The number of aromatic hydroxyl groups is 1. The van der Waals surface area contributed by atoms with E-state index in [1.54, 1.807) is 0 Å². The molecule has 0 fully saturated rings. The molecule has 0 saturated carbocycles. The van der Waals surface area contributed by atoms with Crippen LogP contribution >= 0.6 is 0 Å². The first kappa shape index (κ1) is 15.4. The lowest BCUT2D eigenvalue weighted by Gasteiger charge is -2.15. The predicted molar refractivity (Wildman–Crippen MR) is 91.8 cm³/mol. The number of nitrogens with two attached hydrogens (primary N) is 1. The van der Waals surface area contributed by atoms with E-state index in [9.17, 15) is 5.11 Å². The minimum absolute atomic E-state index is 0.234. The molecule has 0 aliphatic rings. The maximum Gasteiger partial charge on any atom is 0.142 e. The number of hydrogen-bond acceptors (Lipinski definition) is 2. The average Bonchev–Trinajstić information content (AvgIpc) is 2.42. The van der Waals surface area contributed by atoms with Gasteiger partial charge in [0.05, 0.1) is 5.69 Å². The third-order valence-corrected chi connectivity index (χ3v) is 3.77. The number of phenols is 1. The van der Waals surface area contributed by atoms with E-state index in [2.05, 4.69) is 64.1 Å². The smallest absolute Gasteiger partial charge is 0.142 e. The number of phenolic OH excluding ortho intramolecular Hbond substituents is 1. The molecule has 0 unspecified atom stereocenters. The molecule has 0 radical (unpaired) electrons. The van der Waals surface area contributed by atoms with Crippen LogP contribution in [0.1, 0.15) is 44.7 Å². The van der Waals surface area contributed by atoms with Crippen LogP contribution < -0.4 is 5.73 Å². The van der Waals surface area contributed by atoms with Gasteiger partial charge in [-0.15, -0.1) is 0 Å². The minimum atomic E-state index is 0.234. The monoisotopic (exact) mass is 283 g/mol. The van der Waals surface area contributed by atoms with Crippen molar-refractivity contribution >= 4 is 16.5 Å². The Morgan fingerprint density at radius 2 is 1.90 bits per heavy atom. The number of benzene rings is 2. The second-order valence-corrected chi connectivity index (χ2v) is 6.27. The van der Waals surface area contributed by atoms with Crippen LogP contribution in [0, 0.1) is 5.92 Å². The molecule has 0 aliphatic carbocycles. The Hall–Kier alpha value is -1.96. The zero-order valence-electron chi connectivity index (χ0n) is 13.4. The number of allylic oxidation sites excluding steroid dienone is 2. The fourth-order valence-electron chi connectivity index (χ4n) is 2.66. The van der Waals surface area contributed by atoms with Crippen LogP contribution in [0.5, 0.6) is 5.75 Å². The van der Waals surface area contributed by atoms with Crippen LogP contribution in [0.3, 0.4) is 0 Å². The van der Waals surface area contributed by atoms with Gasteiger partial charge in [-0.05, 0) is 40.8 Å². The molecule has 2 rings (SSSR count). The van der Waals surface area contributed by atoms with E-state index in [0.717, 1.165) is 28.3 Å². The third-order valence-electron chi connectivity index (χ3n) is 3.77. The van der Waals surface area contributed by atoms with Crippen LogP contribution in [0.15, 0.2) is 36.4 Å². The van der Waals surface area contributed by atoms with E-state index in [1.807, 2.05) is 0 Å². The summed E-state index contributed by atoms with van der Waals surface area (Å²) < 4.78 is 0. The highest BCUT2D eigenvalue weighted by Crippen LogP contribution is 2.39. The van der Waals surface area contributed by atoms with Gasteiger partial charge in [-0.3, -0.25) is 0 Å². The molecule has 2 heteroatoms. The predicted octanol–water partition coefficient (Wildman–Crippen LogP) is 5.01. The van der Waals surface area contributed by atoms with Crippen LogP contribution in [0.4, 0.5) is 5.69 Å². The maximum atomic E-state index is 10.4. The summed E-state index contributed by atoms with van der Waals surface area (Å²) in [5.41, 5.74) is 8.79. The molecule has 0 aromatic heterocycles. The van der Waals surface area contributed by atoms with Gasteiger partial charge in [-0.25, -0.2) is 0 Å². The molecule has 21 heavy (non-hydrogen) atoms. The number of anilines is 1. The summed E-state index contributed by atoms with van der Waals surface area (Å²) in [6.07, 6.45) is 5.20. The first-order chi connectivity index (χ1) is 9.91. The Morgan fingerprint density at radius 3 is 2.52 bits per heavy atom. The normalized spacial score (nSPS) is 12.1. The van der Waals surface area contributed by atoms with Gasteiger partial charge in [-0.1, -0.05) is 58.0 Å². The largest absolute Gasteiger partial charge is 0.505 e. The molecule has 0 bridgehead atoms.